The largest absolute Gasteiger partial charge is 0.326 e. The molecule has 2 N–H and O–H groups in total. The van der Waals surface area contributed by atoms with Gasteiger partial charge in [-0.2, -0.15) is 0 Å². The monoisotopic (exact) mass is 266 g/mol. The highest BCUT2D eigenvalue weighted by Gasteiger charge is 2.23. The van der Waals surface area contributed by atoms with Crippen LogP contribution in [0, 0.1) is 0 Å². The molecule has 3 rings (SSSR count). The molecule has 20 heavy (non-hydrogen) atoms. The van der Waals surface area contributed by atoms with Gasteiger partial charge in [0, 0.05) is 19.6 Å². The van der Waals surface area contributed by atoms with Crippen molar-refractivity contribution in [2.24, 2.45) is 5.73 Å². The molecule has 1 heterocycles. The lowest BCUT2D eigenvalue weighted by atomic mass is 9.99. The molecule has 1 unspecified atom stereocenters. The first-order valence-electron chi connectivity index (χ1n) is 7.40. The molecule has 0 amide bonds. The van der Waals surface area contributed by atoms with Gasteiger partial charge in [-0.15, -0.1) is 0 Å². The van der Waals surface area contributed by atoms with Gasteiger partial charge in [0.15, 0.2) is 0 Å². The van der Waals surface area contributed by atoms with Crippen molar-refractivity contribution in [1.82, 2.24) is 4.90 Å². The van der Waals surface area contributed by atoms with Crippen molar-refractivity contribution in [3.63, 3.8) is 0 Å². The maximum atomic E-state index is 5.71. The Morgan fingerprint density at radius 2 is 1.80 bits per heavy atom. The zero-order valence-corrected chi connectivity index (χ0v) is 11.8. The summed E-state index contributed by atoms with van der Waals surface area (Å²) in [7, 11) is 0. The summed E-state index contributed by atoms with van der Waals surface area (Å²) in [4.78, 5) is 2.55. The van der Waals surface area contributed by atoms with E-state index in [2.05, 4.69) is 59.5 Å². The van der Waals surface area contributed by atoms with E-state index in [1.54, 1.807) is 0 Å². The zero-order valence-electron chi connectivity index (χ0n) is 11.8. The minimum atomic E-state index is 0.625. The van der Waals surface area contributed by atoms with E-state index in [1.807, 2.05) is 0 Å². The van der Waals surface area contributed by atoms with Crippen LogP contribution < -0.4 is 5.73 Å². The summed E-state index contributed by atoms with van der Waals surface area (Å²) in [6, 6.07) is 19.5. The van der Waals surface area contributed by atoms with Gasteiger partial charge in [-0.1, -0.05) is 54.6 Å². The van der Waals surface area contributed by atoms with Gasteiger partial charge in [0.2, 0.25) is 0 Å². The van der Waals surface area contributed by atoms with Crippen LogP contribution in [0.15, 0.2) is 54.6 Å². The molecule has 1 aliphatic rings. The number of hydrogen-bond acceptors (Lipinski definition) is 2. The smallest absolute Gasteiger partial charge is 0.0234 e. The lowest BCUT2D eigenvalue weighted by molar-refractivity contribution is 0.327. The first-order chi connectivity index (χ1) is 9.85. The van der Waals surface area contributed by atoms with Gasteiger partial charge in [0.1, 0.15) is 0 Å². The normalized spacial score (nSPS) is 19.4. The molecule has 0 aromatic heterocycles. The summed E-state index contributed by atoms with van der Waals surface area (Å²) in [5.74, 6) is 0.689. The molecule has 0 bridgehead atoms. The van der Waals surface area contributed by atoms with E-state index in [4.69, 9.17) is 5.73 Å². The van der Waals surface area contributed by atoms with E-state index in [0.29, 0.717) is 12.5 Å². The van der Waals surface area contributed by atoms with Gasteiger partial charge in [0.05, 0.1) is 0 Å². The fourth-order valence-electron chi connectivity index (χ4n) is 3.09. The second-order valence-corrected chi connectivity index (χ2v) is 5.66. The molecule has 2 heteroatoms. The van der Waals surface area contributed by atoms with Crippen LogP contribution in [0.2, 0.25) is 0 Å². The van der Waals surface area contributed by atoms with Crippen molar-refractivity contribution < 1.29 is 0 Å². The zero-order chi connectivity index (χ0) is 13.8. The molecule has 0 saturated carbocycles. The van der Waals surface area contributed by atoms with Crippen molar-refractivity contribution in [3.8, 4) is 0 Å². The SMILES string of the molecule is NCc1cccc(CN2CCC(c3ccccc3)C2)c1. The Labute approximate surface area is 121 Å². The second kappa shape index (κ2) is 6.21. The van der Waals surface area contributed by atoms with E-state index in [-0.39, 0.29) is 0 Å². The number of nitrogens with two attached hydrogens (primary N) is 1. The number of likely N-dealkylation sites (tertiary alicyclic amines) is 1. The topological polar surface area (TPSA) is 29.3 Å². The predicted molar refractivity (Wildman–Crippen MR) is 83.4 cm³/mol. The quantitative estimate of drug-likeness (QED) is 0.921. The molecule has 2 nitrogen and oxygen atoms in total. The lowest BCUT2D eigenvalue weighted by Crippen LogP contribution is -2.19. The van der Waals surface area contributed by atoms with Crippen LogP contribution in [-0.4, -0.2) is 18.0 Å². The van der Waals surface area contributed by atoms with Crippen LogP contribution in [0.1, 0.15) is 29.0 Å². The molecule has 1 saturated heterocycles. The Balaban J connectivity index is 1.63. The molecule has 2 aromatic rings. The lowest BCUT2D eigenvalue weighted by Gasteiger charge is -2.16. The molecular formula is C18H22N2. The highest BCUT2D eigenvalue weighted by Crippen LogP contribution is 2.27. The Kier molecular flexibility index (Phi) is 4.14. The predicted octanol–water partition coefficient (Wildman–Crippen LogP) is 3.13. The molecule has 0 radical (unpaired) electrons. The molecule has 0 aliphatic carbocycles. The highest BCUT2D eigenvalue weighted by molar-refractivity contribution is 5.24. The Hall–Kier alpha value is -1.64. The average Bonchev–Trinajstić information content (AvgIpc) is 2.97. The second-order valence-electron chi connectivity index (χ2n) is 5.66. The van der Waals surface area contributed by atoms with Crippen LogP contribution in [0.4, 0.5) is 0 Å². The maximum absolute atomic E-state index is 5.71. The summed E-state index contributed by atoms with van der Waals surface area (Å²) < 4.78 is 0. The molecular weight excluding hydrogens is 244 g/mol. The summed E-state index contributed by atoms with van der Waals surface area (Å²) in [5.41, 5.74) is 9.79. The van der Waals surface area contributed by atoms with Gasteiger partial charge in [-0.3, -0.25) is 4.90 Å². The minimum absolute atomic E-state index is 0.625. The fraction of sp³-hybridized carbons (Fsp3) is 0.333. The standard InChI is InChI=1S/C18H22N2/c19-12-15-5-4-6-16(11-15)13-20-10-9-18(14-20)17-7-2-1-3-8-17/h1-8,11,18H,9-10,12-14,19H2. The third-order valence-corrected chi connectivity index (χ3v) is 4.18. The molecule has 1 fully saturated rings. The van der Waals surface area contributed by atoms with Crippen molar-refractivity contribution in [2.75, 3.05) is 13.1 Å². The van der Waals surface area contributed by atoms with Crippen molar-refractivity contribution in [1.29, 1.82) is 0 Å². The van der Waals surface area contributed by atoms with Gasteiger partial charge >= 0.3 is 0 Å². The van der Waals surface area contributed by atoms with E-state index < -0.39 is 0 Å². The van der Waals surface area contributed by atoms with Crippen molar-refractivity contribution >= 4 is 0 Å². The minimum Gasteiger partial charge on any atom is -0.326 e. The van der Waals surface area contributed by atoms with Crippen LogP contribution in [0.3, 0.4) is 0 Å². The molecule has 2 aromatic carbocycles. The average molecular weight is 266 g/mol. The van der Waals surface area contributed by atoms with Gasteiger partial charge in [-0.25, -0.2) is 0 Å². The summed E-state index contributed by atoms with van der Waals surface area (Å²) in [6.45, 7) is 4.01. The summed E-state index contributed by atoms with van der Waals surface area (Å²) >= 11 is 0. The number of nitrogens with zero attached hydrogens (tertiary/aromatic N) is 1. The van der Waals surface area contributed by atoms with E-state index in [9.17, 15) is 0 Å². The van der Waals surface area contributed by atoms with E-state index in [1.165, 1.54) is 29.7 Å². The summed E-state index contributed by atoms with van der Waals surface area (Å²) in [5, 5.41) is 0. The first-order valence-corrected chi connectivity index (χ1v) is 7.40. The maximum Gasteiger partial charge on any atom is 0.0234 e. The third-order valence-electron chi connectivity index (χ3n) is 4.18. The van der Waals surface area contributed by atoms with Crippen LogP contribution >= 0.6 is 0 Å². The highest BCUT2D eigenvalue weighted by atomic mass is 15.1. The molecule has 1 aliphatic heterocycles. The van der Waals surface area contributed by atoms with E-state index >= 15 is 0 Å². The molecule has 104 valence electrons. The molecule has 1 atom stereocenters. The van der Waals surface area contributed by atoms with Crippen molar-refractivity contribution in [3.05, 3.63) is 71.3 Å². The Morgan fingerprint density at radius 1 is 1.00 bits per heavy atom. The molecule has 0 spiro atoms. The Bertz CT molecular complexity index is 550. The number of hydrogen-bond donors (Lipinski definition) is 1. The van der Waals surface area contributed by atoms with Crippen LogP contribution in [0.25, 0.3) is 0 Å². The third kappa shape index (κ3) is 3.09. The van der Waals surface area contributed by atoms with Gasteiger partial charge in [0.25, 0.3) is 0 Å². The number of rotatable bonds is 4. The van der Waals surface area contributed by atoms with Crippen LogP contribution in [-0.2, 0) is 13.1 Å². The summed E-state index contributed by atoms with van der Waals surface area (Å²) in [6.07, 6.45) is 1.26. The van der Waals surface area contributed by atoms with Crippen LogP contribution in [0.5, 0.6) is 0 Å². The van der Waals surface area contributed by atoms with Gasteiger partial charge in [-0.05, 0) is 35.6 Å². The van der Waals surface area contributed by atoms with Crippen molar-refractivity contribution in [2.45, 2.75) is 25.4 Å². The first kappa shape index (κ1) is 13.3. The van der Waals surface area contributed by atoms with E-state index in [0.717, 1.165) is 13.1 Å². The van der Waals surface area contributed by atoms with Gasteiger partial charge < -0.3 is 5.73 Å². The number of benzene rings is 2. The Morgan fingerprint density at radius 3 is 2.60 bits per heavy atom. The fourth-order valence-corrected chi connectivity index (χ4v) is 3.09.